The van der Waals surface area contributed by atoms with Crippen molar-refractivity contribution >= 4 is 16.0 Å². The van der Waals surface area contributed by atoms with Crippen LogP contribution in [0.2, 0.25) is 0 Å². The number of carboxylic acid groups (broad SMARTS) is 1. The Kier molecular flexibility index (Phi) is 7.03. The fourth-order valence-electron chi connectivity index (χ4n) is 3.24. The Hall–Kier alpha value is -2.96. The van der Waals surface area contributed by atoms with Crippen LogP contribution >= 0.6 is 0 Å². The predicted molar refractivity (Wildman–Crippen MR) is 117 cm³/mol. The van der Waals surface area contributed by atoms with Crippen molar-refractivity contribution in [1.29, 1.82) is 0 Å². The zero-order valence-corrected chi connectivity index (χ0v) is 17.6. The van der Waals surface area contributed by atoms with Gasteiger partial charge in [0.1, 0.15) is 0 Å². The van der Waals surface area contributed by atoms with Crippen molar-refractivity contribution in [3.63, 3.8) is 0 Å². The fourth-order valence-corrected chi connectivity index (χ4v) is 4.45. The van der Waals surface area contributed by atoms with E-state index >= 15 is 0 Å². The van der Waals surface area contributed by atoms with Gasteiger partial charge in [-0.2, -0.15) is 4.72 Å². The molecular weight excluding hydrogens is 398 g/mol. The normalized spacial score (nSPS) is 12.4. The van der Waals surface area contributed by atoms with Crippen LogP contribution in [0.15, 0.2) is 83.8 Å². The van der Waals surface area contributed by atoms with Gasteiger partial charge < -0.3 is 5.11 Å². The van der Waals surface area contributed by atoms with Gasteiger partial charge in [0.15, 0.2) is 0 Å². The minimum atomic E-state index is -3.72. The van der Waals surface area contributed by atoms with E-state index < -0.39 is 22.0 Å². The van der Waals surface area contributed by atoms with Crippen molar-refractivity contribution in [2.75, 3.05) is 0 Å². The first-order valence-corrected chi connectivity index (χ1v) is 11.3. The van der Waals surface area contributed by atoms with E-state index in [1.54, 1.807) is 24.3 Å². The molecule has 0 bridgehead atoms. The predicted octanol–water partition coefficient (Wildman–Crippen LogP) is 4.47. The maximum Gasteiger partial charge on any atom is 0.303 e. The summed E-state index contributed by atoms with van der Waals surface area (Å²) in [6.07, 6.45) is 1.36. The molecule has 0 aliphatic rings. The van der Waals surface area contributed by atoms with E-state index in [-0.39, 0.29) is 11.3 Å². The number of aliphatic carboxylic acids is 1. The monoisotopic (exact) mass is 423 g/mol. The smallest absolute Gasteiger partial charge is 0.303 e. The van der Waals surface area contributed by atoms with Gasteiger partial charge in [-0.3, -0.25) is 4.79 Å². The SMILES string of the molecule is Cc1ccc(S(=O)(=O)NC(c2ccccc2)c2ccc(CCCC(=O)O)cc2)cc1. The molecule has 156 valence electrons. The lowest BCUT2D eigenvalue weighted by atomic mass is 9.97. The molecule has 0 spiro atoms. The number of hydrogen-bond donors (Lipinski definition) is 2. The third kappa shape index (κ3) is 5.78. The lowest BCUT2D eigenvalue weighted by molar-refractivity contribution is -0.137. The zero-order chi connectivity index (χ0) is 21.6. The van der Waals surface area contributed by atoms with Gasteiger partial charge in [0.05, 0.1) is 10.9 Å². The van der Waals surface area contributed by atoms with Gasteiger partial charge in [0, 0.05) is 6.42 Å². The molecule has 6 heteroatoms. The average Bonchev–Trinajstić information content (AvgIpc) is 2.73. The minimum Gasteiger partial charge on any atom is -0.481 e. The number of carbonyl (C=O) groups is 1. The van der Waals surface area contributed by atoms with E-state index in [1.807, 2.05) is 61.5 Å². The summed E-state index contributed by atoms with van der Waals surface area (Å²) in [6.45, 7) is 1.91. The first-order valence-electron chi connectivity index (χ1n) is 9.80. The van der Waals surface area contributed by atoms with Crippen molar-refractivity contribution in [3.8, 4) is 0 Å². The Labute approximate surface area is 177 Å². The third-order valence-electron chi connectivity index (χ3n) is 4.91. The Bertz CT molecular complexity index is 1080. The van der Waals surface area contributed by atoms with Crippen LogP contribution in [0.5, 0.6) is 0 Å². The van der Waals surface area contributed by atoms with E-state index in [2.05, 4.69) is 4.72 Å². The number of aryl methyl sites for hydroxylation is 2. The highest BCUT2D eigenvalue weighted by atomic mass is 32.2. The number of carboxylic acids is 1. The van der Waals surface area contributed by atoms with Crippen molar-refractivity contribution in [1.82, 2.24) is 4.72 Å². The van der Waals surface area contributed by atoms with E-state index in [0.29, 0.717) is 12.8 Å². The Morgan fingerprint density at radius 2 is 1.50 bits per heavy atom. The highest BCUT2D eigenvalue weighted by Crippen LogP contribution is 2.25. The molecule has 0 amide bonds. The molecule has 1 unspecified atom stereocenters. The summed E-state index contributed by atoms with van der Waals surface area (Å²) in [7, 11) is -3.72. The van der Waals surface area contributed by atoms with Gasteiger partial charge in [0.2, 0.25) is 10.0 Å². The molecule has 30 heavy (non-hydrogen) atoms. The fraction of sp³-hybridized carbons (Fsp3) is 0.208. The van der Waals surface area contributed by atoms with Crippen LogP contribution in [-0.2, 0) is 21.2 Å². The summed E-state index contributed by atoms with van der Waals surface area (Å²) in [4.78, 5) is 10.9. The molecule has 0 heterocycles. The first kappa shape index (κ1) is 21.7. The summed E-state index contributed by atoms with van der Waals surface area (Å²) in [5.41, 5.74) is 3.67. The van der Waals surface area contributed by atoms with E-state index in [0.717, 1.165) is 22.3 Å². The molecule has 3 aromatic rings. The van der Waals surface area contributed by atoms with E-state index in [1.165, 1.54) is 0 Å². The molecule has 1 atom stereocenters. The van der Waals surface area contributed by atoms with Crippen LogP contribution in [0.1, 0.15) is 41.1 Å². The lowest BCUT2D eigenvalue weighted by Gasteiger charge is -2.20. The Morgan fingerprint density at radius 1 is 0.900 bits per heavy atom. The van der Waals surface area contributed by atoms with E-state index in [9.17, 15) is 13.2 Å². The van der Waals surface area contributed by atoms with Gasteiger partial charge in [-0.1, -0.05) is 72.3 Å². The van der Waals surface area contributed by atoms with Gasteiger partial charge in [-0.25, -0.2) is 8.42 Å². The van der Waals surface area contributed by atoms with Gasteiger partial charge >= 0.3 is 5.97 Å². The lowest BCUT2D eigenvalue weighted by Crippen LogP contribution is -2.29. The molecule has 2 N–H and O–H groups in total. The molecule has 0 saturated carbocycles. The summed E-state index contributed by atoms with van der Waals surface area (Å²) >= 11 is 0. The Morgan fingerprint density at radius 3 is 2.10 bits per heavy atom. The third-order valence-corrected chi connectivity index (χ3v) is 6.35. The number of rotatable bonds is 9. The quantitative estimate of drug-likeness (QED) is 0.532. The summed E-state index contributed by atoms with van der Waals surface area (Å²) in [6, 6.07) is 23.3. The molecular formula is C24H25NO4S. The molecule has 0 saturated heterocycles. The highest BCUT2D eigenvalue weighted by molar-refractivity contribution is 7.89. The second kappa shape index (κ2) is 9.69. The van der Waals surface area contributed by atoms with Gasteiger partial charge in [0.25, 0.3) is 0 Å². The zero-order valence-electron chi connectivity index (χ0n) is 16.8. The van der Waals surface area contributed by atoms with Crippen molar-refractivity contribution < 1.29 is 18.3 Å². The van der Waals surface area contributed by atoms with Crippen LogP contribution in [0, 0.1) is 6.92 Å². The molecule has 0 aliphatic carbocycles. The Balaban J connectivity index is 1.86. The molecule has 0 aromatic heterocycles. The van der Waals surface area contributed by atoms with Crippen LogP contribution < -0.4 is 4.72 Å². The van der Waals surface area contributed by atoms with Crippen molar-refractivity contribution in [2.45, 2.75) is 37.1 Å². The molecule has 0 fully saturated rings. The summed E-state index contributed by atoms with van der Waals surface area (Å²) in [5, 5.41) is 8.79. The molecule has 3 aromatic carbocycles. The van der Waals surface area contributed by atoms with Crippen LogP contribution in [-0.4, -0.2) is 19.5 Å². The molecule has 0 aliphatic heterocycles. The minimum absolute atomic E-state index is 0.130. The van der Waals surface area contributed by atoms with Crippen LogP contribution in [0.3, 0.4) is 0 Å². The number of hydrogen-bond acceptors (Lipinski definition) is 3. The first-order chi connectivity index (χ1) is 14.3. The average molecular weight is 424 g/mol. The molecule has 0 radical (unpaired) electrons. The molecule has 5 nitrogen and oxygen atoms in total. The highest BCUT2D eigenvalue weighted by Gasteiger charge is 2.22. The van der Waals surface area contributed by atoms with E-state index in [4.69, 9.17) is 5.11 Å². The summed E-state index contributed by atoms with van der Waals surface area (Å²) in [5.74, 6) is -0.804. The van der Waals surface area contributed by atoms with Gasteiger partial charge in [-0.05, 0) is 48.6 Å². The second-order valence-corrected chi connectivity index (χ2v) is 8.98. The second-order valence-electron chi connectivity index (χ2n) is 7.27. The van der Waals surface area contributed by atoms with Crippen molar-refractivity contribution in [3.05, 3.63) is 101 Å². The maximum atomic E-state index is 13.0. The standard InChI is InChI=1S/C24H25NO4S/c1-18-10-16-22(17-11-18)30(28,29)25-24(20-7-3-2-4-8-20)21-14-12-19(13-15-21)6-5-9-23(26)27/h2-4,7-8,10-17,24-25H,5-6,9H2,1H3,(H,26,27). The number of benzene rings is 3. The largest absolute Gasteiger partial charge is 0.481 e. The maximum absolute atomic E-state index is 13.0. The van der Waals surface area contributed by atoms with Crippen LogP contribution in [0.25, 0.3) is 0 Å². The van der Waals surface area contributed by atoms with Crippen molar-refractivity contribution in [2.24, 2.45) is 0 Å². The number of sulfonamides is 1. The topological polar surface area (TPSA) is 83.5 Å². The summed E-state index contributed by atoms with van der Waals surface area (Å²) < 4.78 is 28.8. The molecule has 3 rings (SSSR count). The van der Waals surface area contributed by atoms with Crippen LogP contribution in [0.4, 0.5) is 0 Å². The van der Waals surface area contributed by atoms with Gasteiger partial charge in [-0.15, -0.1) is 0 Å². The number of nitrogens with one attached hydrogen (secondary N) is 1.